The van der Waals surface area contributed by atoms with Gasteiger partial charge < -0.3 is 16.0 Å². The summed E-state index contributed by atoms with van der Waals surface area (Å²) < 4.78 is 1.89. The maximum Gasteiger partial charge on any atom is 0.250 e. The predicted octanol–water partition coefficient (Wildman–Crippen LogP) is 4.90. The smallest absolute Gasteiger partial charge is 0.250 e. The molecule has 35 heavy (non-hydrogen) atoms. The van der Waals surface area contributed by atoms with Gasteiger partial charge in [0.15, 0.2) is 11.0 Å². The van der Waals surface area contributed by atoms with Crippen molar-refractivity contribution in [2.24, 2.45) is 5.73 Å². The summed E-state index contributed by atoms with van der Waals surface area (Å²) in [6.45, 7) is 0. The summed E-state index contributed by atoms with van der Waals surface area (Å²) in [6.07, 6.45) is 1.89. The Labute approximate surface area is 209 Å². The van der Waals surface area contributed by atoms with Gasteiger partial charge in [0, 0.05) is 33.4 Å². The Hall–Kier alpha value is -4.08. The second-order valence-electron chi connectivity index (χ2n) is 7.61. The number of aromatic nitrogens is 4. The molecule has 0 radical (unpaired) electrons. The van der Waals surface area contributed by atoms with Gasteiger partial charge in [-0.25, -0.2) is 0 Å². The first-order chi connectivity index (χ1) is 17.0. The lowest BCUT2D eigenvalue weighted by Crippen LogP contribution is -2.19. The molecule has 2 heterocycles. The van der Waals surface area contributed by atoms with E-state index in [-0.39, 0.29) is 17.2 Å². The third-order valence-electron chi connectivity index (χ3n) is 5.35. The van der Waals surface area contributed by atoms with Crippen molar-refractivity contribution in [2.75, 3.05) is 11.1 Å². The summed E-state index contributed by atoms with van der Waals surface area (Å²) >= 11 is 7.34. The van der Waals surface area contributed by atoms with E-state index in [4.69, 9.17) is 17.3 Å². The van der Waals surface area contributed by atoms with Crippen molar-refractivity contribution in [3.8, 4) is 17.1 Å². The molecule has 3 aromatic carbocycles. The fraction of sp³-hybridized carbons (Fsp3) is 0.0400. The molecule has 10 heteroatoms. The molecule has 2 amide bonds. The number of carbonyl (C=O) groups is 2. The molecule has 4 N–H and O–H groups in total. The van der Waals surface area contributed by atoms with Crippen LogP contribution in [-0.2, 0) is 4.79 Å². The van der Waals surface area contributed by atoms with Gasteiger partial charge >= 0.3 is 0 Å². The van der Waals surface area contributed by atoms with E-state index >= 15 is 0 Å². The van der Waals surface area contributed by atoms with Gasteiger partial charge in [-0.15, -0.1) is 10.2 Å². The average Bonchev–Trinajstić information content (AvgIpc) is 3.47. The van der Waals surface area contributed by atoms with Crippen LogP contribution in [0.4, 0.5) is 5.69 Å². The molecule has 174 valence electrons. The van der Waals surface area contributed by atoms with Crippen molar-refractivity contribution >= 4 is 51.8 Å². The normalized spacial score (nSPS) is 11.0. The van der Waals surface area contributed by atoms with Crippen LogP contribution >= 0.6 is 23.4 Å². The number of H-pyrrole nitrogens is 1. The molecule has 8 nitrogen and oxygen atoms in total. The van der Waals surface area contributed by atoms with Crippen LogP contribution in [0.1, 0.15) is 10.4 Å². The number of fused-ring (bicyclic) bond motifs is 1. The molecule has 0 saturated carbocycles. The quantitative estimate of drug-likeness (QED) is 0.273. The number of hydrogen-bond acceptors (Lipinski definition) is 5. The zero-order valence-corrected chi connectivity index (χ0v) is 19.8. The second kappa shape index (κ2) is 9.65. The molecule has 0 saturated heterocycles. The highest BCUT2D eigenvalue weighted by Gasteiger charge is 2.20. The lowest BCUT2D eigenvalue weighted by molar-refractivity contribution is -0.113. The Balaban J connectivity index is 1.46. The van der Waals surface area contributed by atoms with E-state index in [0.717, 1.165) is 22.2 Å². The average molecular weight is 503 g/mol. The van der Waals surface area contributed by atoms with Gasteiger partial charge in [-0.05, 0) is 42.5 Å². The third kappa shape index (κ3) is 4.64. The molecule has 0 atom stereocenters. The number of amides is 2. The molecule has 0 bridgehead atoms. The SMILES string of the molecule is NC(=O)c1ccccc1NC(=O)CSc1nnc(-c2c[nH]c3ccccc23)n1-c1ccc(Cl)cc1. The third-order valence-corrected chi connectivity index (χ3v) is 6.53. The topological polar surface area (TPSA) is 119 Å². The Bertz CT molecular complexity index is 1540. The van der Waals surface area contributed by atoms with Gasteiger partial charge in [0.1, 0.15) is 0 Å². The first-order valence-corrected chi connectivity index (χ1v) is 12.0. The predicted molar refractivity (Wildman–Crippen MR) is 138 cm³/mol. The summed E-state index contributed by atoms with van der Waals surface area (Å²) in [5.74, 6) is -0.235. The molecule has 0 fully saturated rings. The zero-order chi connectivity index (χ0) is 24.4. The number of hydrogen-bond donors (Lipinski definition) is 3. The van der Waals surface area contributed by atoms with E-state index < -0.39 is 5.91 Å². The van der Waals surface area contributed by atoms with E-state index in [1.165, 1.54) is 11.8 Å². The number of thioether (sulfide) groups is 1. The maximum absolute atomic E-state index is 12.7. The first kappa shape index (κ1) is 22.7. The number of halogens is 1. The molecular weight excluding hydrogens is 484 g/mol. The molecular formula is C25H19ClN6O2S. The minimum absolute atomic E-state index is 0.0483. The number of nitrogens with two attached hydrogens (primary N) is 1. The van der Waals surface area contributed by atoms with Crippen molar-refractivity contribution in [3.63, 3.8) is 0 Å². The Kier molecular flexibility index (Phi) is 6.26. The van der Waals surface area contributed by atoms with Crippen LogP contribution in [0.15, 0.2) is 84.1 Å². The number of aromatic amines is 1. The number of rotatable bonds is 7. The fourth-order valence-electron chi connectivity index (χ4n) is 3.74. The Morgan fingerprint density at radius 2 is 1.74 bits per heavy atom. The van der Waals surface area contributed by atoms with Crippen LogP contribution in [-0.4, -0.2) is 37.3 Å². The van der Waals surface area contributed by atoms with E-state index in [0.29, 0.717) is 21.7 Å². The van der Waals surface area contributed by atoms with Crippen LogP contribution < -0.4 is 11.1 Å². The lowest BCUT2D eigenvalue weighted by atomic mass is 10.1. The molecule has 0 aliphatic heterocycles. The summed E-state index contributed by atoms with van der Waals surface area (Å²) in [5, 5.41) is 13.7. The van der Waals surface area contributed by atoms with Crippen LogP contribution in [0.25, 0.3) is 28.0 Å². The molecule has 2 aromatic heterocycles. The minimum atomic E-state index is -0.612. The van der Waals surface area contributed by atoms with Gasteiger partial charge in [0.05, 0.1) is 17.0 Å². The van der Waals surface area contributed by atoms with E-state index in [1.54, 1.807) is 36.4 Å². The van der Waals surface area contributed by atoms with E-state index in [1.807, 2.05) is 47.2 Å². The second-order valence-corrected chi connectivity index (χ2v) is 8.99. The number of nitrogens with one attached hydrogen (secondary N) is 2. The maximum atomic E-state index is 12.7. The molecule has 0 aliphatic rings. The van der Waals surface area contributed by atoms with Gasteiger partial charge in [-0.1, -0.05) is 53.7 Å². The van der Waals surface area contributed by atoms with Crippen molar-refractivity contribution in [1.82, 2.24) is 19.7 Å². The van der Waals surface area contributed by atoms with Gasteiger partial charge in [0.25, 0.3) is 5.91 Å². The van der Waals surface area contributed by atoms with Crippen LogP contribution in [0.3, 0.4) is 0 Å². The van der Waals surface area contributed by atoms with Crippen molar-refractivity contribution in [2.45, 2.75) is 5.16 Å². The van der Waals surface area contributed by atoms with Crippen LogP contribution in [0.5, 0.6) is 0 Å². The Morgan fingerprint density at radius 1 is 1.00 bits per heavy atom. The van der Waals surface area contributed by atoms with Gasteiger partial charge in [0.2, 0.25) is 5.91 Å². The van der Waals surface area contributed by atoms with Crippen molar-refractivity contribution in [1.29, 1.82) is 0 Å². The summed E-state index contributed by atoms with van der Waals surface area (Å²) in [4.78, 5) is 27.6. The molecule has 0 spiro atoms. The van der Waals surface area contributed by atoms with E-state index in [9.17, 15) is 9.59 Å². The molecule has 0 unspecified atom stereocenters. The monoisotopic (exact) mass is 502 g/mol. The van der Waals surface area contributed by atoms with Gasteiger partial charge in [-0.2, -0.15) is 0 Å². The van der Waals surface area contributed by atoms with E-state index in [2.05, 4.69) is 20.5 Å². The molecule has 5 aromatic rings. The summed E-state index contributed by atoms with van der Waals surface area (Å²) in [6, 6.07) is 21.9. The summed E-state index contributed by atoms with van der Waals surface area (Å²) in [7, 11) is 0. The number of para-hydroxylation sites is 2. The Morgan fingerprint density at radius 3 is 2.54 bits per heavy atom. The number of nitrogens with zero attached hydrogens (tertiary/aromatic N) is 3. The van der Waals surface area contributed by atoms with Crippen LogP contribution in [0.2, 0.25) is 5.02 Å². The number of primary amides is 1. The molecule has 5 rings (SSSR count). The lowest BCUT2D eigenvalue weighted by Gasteiger charge is -2.11. The highest BCUT2D eigenvalue weighted by Crippen LogP contribution is 2.32. The zero-order valence-electron chi connectivity index (χ0n) is 18.2. The summed E-state index contributed by atoms with van der Waals surface area (Å²) in [5.41, 5.74) is 8.69. The van der Waals surface area contributed by atoms with Crippen molar-refractivity contribution in [3.05, 3.63) is 89.6 Å². The highest BCUT2D eigenvalue weighted by molar-refractivity contribution is 7.99. The number of carbonyl (C=O) groups excluding carboxylic acids is 2. The van der Waals surface area contributed by atoms with Crippen molar-refractivity contribution < 1.29 is 9.59 Å². The highest BCUT2D eigenvalue weighted by atomic mass is 35.5. The number of benzene rings is 3. The largest absolute Gasteiger partial charge is 0.366 e. The van der Waals surface area contributed by atoms with Crippen LogP contribution in [0, 0.1) is 0 Å². The minimum Gasteiger partial charge on any atom is -0.366 e. The first-order valence-electron chi connectivity index (χ1n) is 10.6. The van der Waals surface area contributed by atoms with Gasteiger partial charge in [-0.3, -0.25) is 14.2 Å². The standard InChI is InChI=1S/C25H19ClN6O2S/c26-15-9-11-16(12-10-15)32-24(19-13-28-20-7-3-1-5-17(19)20)30-31-25(32)35-14-22(33)29-21-8-4-2-6-18(21)23(27)34/h1-13,28H,14H2,(H2,27,34)(H,29,33). The number of anilines is 1. The fourth-order valence-corrected chi connectivity index (χ4v) is 4.62. The molecule has 0 aliphatic carbocycles.